The summed E-state index contributed by atoms with van der Waals surface area (Å²) in [4.78, 5) is 0. The average molecular weight is 328 g/mol. The monoisotopic (exact) mass is 328 g/mol. The fourth-order valence-corrected chi connectivity index (χ4v) is 2.85. The maximum absolute atomic E-state index is 3.32. The smallest absolute Gasteiger partial charge is 0.0340 e. The molecule has 0 heterocycles. The number of rotatable bonds is 0. The molecule has 4 rings (SSSR count). The molecule has 0 saturated heterocycles. The lowest BCUT2D eigenvalue weighted by Crippen LogP contribution is -1.76. The van der Waals surface area contributed by atoms with Crippen LogP contribution in [0, 0.1) is 23.7 Å². The molecule has 0 nitrogen and oxygen atoms in total. The molecule has 0 bridgehead atoms. The molecule has 0 N–H and O–H groups in total. The van der Waals surface area contributed by atoms with Crippen LogP contribution in [0.3, 0.4) is 0 Å². The zero-order valence-electron chi connectivity index (χ0n) is 14.2. The highest BCUT2D eigenvalue weighted by atomic mass is 14.1. The maximum atomic E-state index is 3.32. The molecular weight excluding hydrogens is 312 g/mol. The molecule has 26 heavy (non-hydrogen) atoms. The summed E-state index contributed by atoms with van der Waals surface area (Å²) in [6, 6.07) is 32.5. The van der Waals surface area contributed by atoms with Crippen molar-refractivity contribution in [3.8, 4) is 34.8 Å². The molecule has 2 aromatic carbocycles. The third-order valence-corrected chi connectivity index (χ3v) is 4.14. The van der Waals surface area contributed by atoms with Crippen LogP contribution in [0.4, 0.5) is 0 Å². The average Bonchev–Trinajstić information content (AvgIpc) is 2.86. The Kier molecular flexibility index (Phi) is 4.51. The van der Waals surface area contributed by atoms with Crippen molar-refractivity contribution < 1.29 is 0 Å². The van der Waals surface area contributed by atoms with E-state index in [-0.39, 0.29) is 0 Å². The zero-order valence-corrected chi connectivity index (χ0v) is 14.2. The molecule has 2 aliphatic rings. The number of hydrogen-bond acceptors (Lipinski definition) is 0. The Morgan fingerprint density at radius 3 is 1.19 bits per heavy atom. The molecule has 0 aromatic heterocycles. The highest BCUT2D eigenvalue weighted by Gasteiger charge is 2.11. The van der Waals surface area contributed by atoms with Crippen LogP contribution in [-0.4, -0.2) is 0 Å². The molecule has 0 saturated carbocycles. The molecule has 0 aliphatic heterocycles. The Bertz CT molecular complexity index is 1030. The lowest BCUT2D eigenvalue weighted by molar-refractivity contribution is 1.64. The Morgan fingerprint density at radius 2 is 0.769 bits per heavy atom. The van der Waals surface area contributed by atoms with Gasteiger partial charge in [0.2, 0.25) is 0 Å². The van der Waals surface area contributed by atoms with Crippen LogP contribution < -0.4 is 0 Å². The van der Waals surface area contributed by atoms with E-state index in [4.69, 9.17) is 0 Å². The molecule has 0 fully saturated rings. The van der Waals surface area contributed by atoms with Gasteiger partial charge in [-0.2, -0.15) is 0 Å². The van der Waals surface area contributed by atoms with E-state index in [1.54, 1.807) is 0 Å². The standard InChI is InChI=1S/C26H16/c1-4-10-21(11-5-1)16-18-23-20-24(19-17-22-12-6-2-7-13-22)26-15-9-3-8-14-25(23)26/h1-15,20H. The number of hydrogen-bond donors (Lipinski definition) is 0. The van der Waals surface area contributed by atoms with E-state index in [9.17, 15) is 0 Å². The van der Waals surface area contributed by atoms with Crippen LogP contribution in [0.1, 0.15) is 22.3 Å². The molecule has 0 spiro atoms. The highest BCUT2D eigenvalue weighted by Crippen LogP contribution is 2.30. The Balaban J connectivity index is 1.78. The van der Waals surface area contributed by atoms with Gasteiger partial charge in [-0.1, -0.05) is 90.4 Å². The summed E-state index contributed by atoms with van der Waals surface area (Å²) in [5, 5.41) is 0. The van der Waals surface area contributed by atoms with Crippen molar-refractivity contribution in [2.75, 3.05) is 0 Å². The summed E-state index contributed by atoms with van der Waals surface area (Å²) in [5.74, 6) is 13.1. The van der Waals surface area contributed by atoms with Crippen molar-refractivity contribution >= 4 is 0 Å². The van der Waals surface area contributed by atoms with Gasteiger partial charge in [0.05, 0.1) is 0 Å². The number of benzene rings is 2. The SMILES string of the molecule is C(#Cc1cc(C#Cc2ccccc2)c2cccccc1-2)c1ccccc1. The molecule has 0 amide bonds. The van der Waals surface area contributed by atoms with Gasteiger partial charge in [-0.15, -0.1) is 0 Å². The van der Waals surface area contributed by atoms with Crippen LogP contribution in [0.25, 0.3) is 11.1 Å². The highest BCUT2D eigenvalue weighted by molar-refractivity contribution is 5.81. The second-order valence-corrected chi connectivity index (χ2v) is 5.94. The first kappa shape index (κ1) is 15.8. The third kappa shape index (κ3) is 3.51. The Hall–Kier alpha value is -3.74. The molecule has 0 atom stereocenters. The van der Waals surface area contributed by atoms with E-state index in [0.717, 1.165) is 33.4 Å². The largest absolute Gasteiger partial charge is 0.0622 e. The van der Waals surface area contributed by atoms with E-state index in [2.05, 4.69) is 41.9 Å². The van der Waals surface area contributed by atoms with Gasteiger partial charge in [0.25, 0.3) is 0 Å². The lowest BCUT2D eigenvalue weighted by atomic mass is 10.1. The van der Waals surface area contributed by atoms with Gasteiger partial charge in [0.1, 0.15) is 0 Å². The van der Waals surface area contributed by atoms with Gasteiger partial charge in [-0.3, -0.25) is 0 Å². The van der Waals surface area contributed by atoms with Crippen molar-refractivity contribution in [3.63, 3.8) is 0 Å². The van der Waals surface area contributed by atoms with Gasteiger partial charge in [0.15, 0.2) is 0 Å². The summed E-state index contributed by atoms with van der Waals surface area (Å²) in [6.07, 6.45) is 0. The molecule has 0 radical (unpaired) electrons. The van der Waals surface area contributed by atoms with Crippen molar-refractivity contribution in [3.05, 3.63) is 119 Å². The summed E-state index contributed by atoms with van der Waals surface area (Å²) in [5.41, 5.74) is 6.32. The van der Waals surface area contributed by atoms with E-state index in [1.165, 1.54) is 0 Å². The molecule has 0 unspecified atom stereocenters. The minimum absolute atomic E-state index is 1.01. The molecular formula is C26H16. The van der Waals surface area contributed by atoms with E-state index in [1.807, 2.05) is 78.9 Å². The summed E-state index contributed by atoms with van der Waals surface area (Å²) >= 11 is 0. The summed E-state index contributed by atoms with van der Waals surface area (Å²) in [6.45, 7) is 0. The first-order valence-electron chi connectivity index (χ1n) is 8.56. The van der Waals surface area contributed by atoms with Gasteiger partial charge in [-0.25, -0.2) is 0 Å². The third-order valence-electron chi connectivity index (χ3n) is 4.14. The second kappa shape index (κ2) is 7.43. The van der Waals surface area contributed by atoms with Gasteiger partial charge < -0.3 is 0 Å². The van der Waals surface area contributed by atoms with Crippen molar-refractivity contribution in [2.24, 2.45) is 0 Å². The van der Waals surface area contributed by atoms with Crippen LogP contribution in [0.15, 0.2) is 97.1 Å². The summed E-state index contributed by atoms with van der Waals surface area (Å²) in [7, 11) is 0. The van der Waals surface area contributed by atoms with E-state index >= 15 is 0 Å². The molecule has 120 valence electrons. The van der Waals surface area contributed by atoms with Crippen molar-refractivity contribution in [1.29, 1.82) is 0 Å². The molecule has 2 aliphatic carbocycles. The fourth-order valence-electron chi connectivity index (χ4n) is 2.85. The molecule has 0 heteroatoms. The molecule has 2 aromatic rings. The van der Waals surface area contributed by atoms with Crippen molar-refractivity contribution in [2.45, 2.75) is 0 Å². The van der Waals surface area contributed by atoms with Gasteiger partial charge in [-0.05, 0) is 41.5 Å². The predicted octanol–water partition coefficient (Wildman–Crippen LogP) is 5.59. The van der Waals surface area contributed by atoms with E-state index < -0.39 is 0 Å². The van der Waals surface area contributed by atoms with Gasteiger partial charge in [0, 0.05) is 22.3 Å². The van der Waals surface area contributed by atoms with Gasteiger partial charge >= 0.3 is 0 Å². The maximum Gasteiger partial charge on any atom is 0.0340 e. The van der Waals surface area contributed by atoms with Crippen LogP contribution in [0.5, 0.6) is 0 Å². The van der Waals surface area contributed by atoms with Crippen LogP contribution >= 0.6 is 0 Å². The summed E-state index contributed by atoms with van der Waals surface area (Å²) < 4.78 is 0. The Labute approximate surface area is 154 Å². The van der Waals surface area contributed by atoms with E-state index in [0.29, 0.717) is 0 Å². The minimum atomic E-state index is 1.01. The lowest BCUT2D eigenvalue weighted by Gasteiger charge is -1.94. The second-order valence-electron chi connectivity index (χ2n) is 5.94. The Morgan fingerprint density at radius 1 is 0.385 bits per heavy atom. The van der Waals surface area contributed by atoms with Crippen LogP contribution in [-0.2, 0) is 0 Å². The quantitative estimate of drug-likeness (QED) is 0.369. The zero-order chi connectivity index (χ0) is 17.6. The predicted molar refractivity (Wildman–Crippen MR) is 108 cm³/mol. The van der Waals surface area contributed by atoms with Crippen molar-refractivity contribution in [1.82, 2.24) is 0 Å². The first-order valence-corrected chi connectivity index (χ1v) is 8.56. The normalized spacial score (nSPS) is 9.69. The minimum Gasteiger partial charge on any atom is -0.0622 e. The first-order chi connectivity index (χ1) is 12.9. The van der Waals surface area contributed by atoms with Crippen LogP contribution in [0.2, 0.25) is 0 Å². The topological polar surface area (TPSA) is 0 Å². The fraction of sp³-hybridized carbons (Fsp3) is 0. The number of fused-ring (bicyclic) bond motifs is 1.